The zero-order valence-electron chi connectivity index (χ0n) is 18.3. The third kappa shape index (κ3) is 6.33. The molecule has 1 saturated heterocycles. The molecule has 0 aromatic heterocycles. The van der Waals surface area contributed by atoms with E-state index in [4.69, 9.17) is 4.74 Å². The predicted molar refractivity (Wildman–Crippen MR) is 118 cm³/mol. The van der Waals surface area contributed by atoms with Gasteiger partial charge in [0.05, 0.1) is 18.1 Å². The molecule has 2 aromatic rings. The highest BCUT2D eigenvalue weighted by Crippen LogP contribution is 2.24. The fourth-order valence-electron chi connectivity index (χ4n) is 3.34. The fourth-order valence-corrected chi connectivity index (χ4v) is 5.07. The molecule has 0 saturated carbocycles. The monoisotopic (exact) mass is 499 g/mol. The number of alkyl halides is 3. The molecule has 2 aromatic carbocycles. The van der Waals surface area contributed by atoms with Crippen molar-refractivity contribution >= 4 is 27.5 Å². The topological polar surface area (TPSA) is 105 Å². The minimum atomic E-state index is -4.52. The number of carbonyl (C=O) groups is 2. The average molecular weight is 500 g/mol. The van der Waals surface area contributed by atoms with Gasteiger partial charge in [0.1, 0.15) is 6.54 Å². The van der Waals surface area contributed by atoms with Crippen LogP contribution in [0.2, 0.25) is 0 Å². The van der Waals surface area contributed by atoms with Crippen molar-refractivity contribution in [3.63, 3.8) is 0 Å². The summed E-state index contributed by atoms with van der Waals surface area (Å²) in [5.74, 6) is -1.47. The van der Waals surface area contributed by atoms with Crippen LogP contribution in [0.15, 0.2) is 47.4 Å². The van der Waals surface area contributed by atoms with Crippen LogP contribution in [-0.4, -0.2) is 63.6 Å². The van der Waals surface area contributed by atoms with E-state index in [0.717, 1.165) is 0 Å². The van der Waals surface area contributed by atoms with Gasteiger partial charge in [-0.05, 0) is 48.4 Å². The highest BCUT2D eigenvalue weighted by Gasteiger charge is 2.29. The van der Waals surface area contributed by atoms with Crippen LogP contribution < -0.4 is 10.6 Å². The molecule has 1 aliphatic heterocycles. The summed E-state index contributed by atoms with van der Waals surface area (Å²) < 4.78 is 69.6. The molecule has 1 fully saturated rings. The molecule has 0 bridgehead atoms. The number of nitrogens with one attached hydrogen (secondary N) is 2. The van der Waals surface area contributed by atoms with Crippen LogP contribution in [0.25, 0.3) is 0 Å². The molecule has 3 rings (SSSR count). The minimum Gasteiger partial charge on any atom is -0.379 e. The second-order valence-electron chi connectivity index (χ2n) is 7.52. The van der Waals surface area contributed by atoms with E-state index in [1.54, 1.807) is 11.4 Å². The van der Waals surface area contributed by atoms with E-state index in [0.29, 0.717) is 25.2 Å². The number of rotatable bonds is 7. The van der Waals surface area contributed by atoms with Gasteiger partial charge in [0.25, 0.3) is 11.8 Å². The summed E-state index contributed by atoms with van der Waals surface area (Å²) in [7, 11) is -3.82. The molecule has 8 nitrogen and oxygen atoms in total. The van der Waals surface area contributed by atoms with E-state index in [-0.39, 0.29) is 34.8 Å². The number of carbonyl (C=O) groups excluding carboxylic acids is 2. The summed E-state index contributed by atoms with van der Waals surface area (Å²) in [5.41, 5.74) is 0.983. The molecule has 2 amide bonds. The summed E-state index contributed by atoms with van der Waals surface area (Å²) >= 11 is 0. The highest BCUT2D eigenvalue weighted by atomic mass is 32.2. The maximum Gasteiger partial charge on any atom is 0.405 e. The van der Waals surface area contributed by atoms with E-state index < -0.39 is 34.6 Å². The van der Waals surface area contributed by atoms with Gasteiger partial charge in [0, 0.05) is 29.9 Å². The number of amides is 2. The number of nitrogens with zero attached hydrogens (tertiary/aromatic N) is 1. The van der Waals surface area contributed by atoms with E-state index in [2.05, 4.69) is 5.32 Å². The lowest BCUT2D eigenvalue weighted by Gasteiger charge is -2.27. The Labute approximate surface area is 195 Å². The summed E-state index contributed by atoms with van der Waals surface area (Å²) in [4.78, 5) is 24.6. The number of ether oxygens (including phenoxy) is 1. The van der Waals surface area contributed by atoms with Gasteiger partial charge in [0.15, 0.2) is 0 Å². The molecule has 1 aliphatic rings. The van der Waals surface area contributed by atoms with Crippen molar-refractivity contribution in [2.45, 2.75) is 24.4 Å². The van der Waals surface area contributed by atoms with Gasteiger partial charge in [0.2, 0.25) is 10.0 Å². The number of anilines is 1. The van der Waals surface area contributed by atoms with Gasteiger partial charge >= 0.3 is 6.18 Å². The lowest BCUT2D eigenvalue weighted by molar-refractivity contribution is -0.123. The third-order valence-electron chi connectivity index (χ3n) is 5.15. The molecule has 0 aliphatic carbocycles. The summed E-state index contributed by atoms with van der Waals surface area (Å²) in [6, 6.07) is 9.73. The van der Waals surface area contributed by atoms with E-state index >= 15 is 0 Å². The van der Waals surface area contributed by atoms with Gasteiger partial charge < -0.3 is 15.4 Å². The average Bonchev–Trinajstić information content (AvgIpc) is 2.82. The smallest absolute Gasteiger partial charge is 0.379 e. The van der Waals surface area contributed by atoms with Crippen molar-refractivity contribution in [1.29, 1.82) is 0 Å². The maximum absolute atomic E-state index is 13.1. The van der Waals surface area contributed by atoms with Crippen LogP contribution in [0.1, 0.15) is 33.2 Å². The van der Waals surface area contributed by atoms with Gasteiger partial charge in [-0.25, -0.2) is 8.42 Å². The highest BCUT2D eigenvalue weighted by molar-refractivity contribution is 7.89. The Morgan fingerprint density at radius 1 is 1.00 bits per heavy atom. The summed E-state index contributed by atoms with van der Waals surface area (Å²) in [5, 5.41) is 4.36. The van der Waals surface area contributed by atoms with Gasteiger partial charge in [-0.1, -0.05) is 13.0 Å². The molecular weight excluding hydrogens is 475 g/mol. The number of benzene rings is 2. The number of sulfonamides is 1. The summed E-state index contributed by atoms with van der Waals surface area (Å²) in [6.45, 7) is 1.42. The van der Waals surface area contributed by atoms with E-state index in [1.807, 2.05) is 6.92 Å². The van der Waals surface area contributed by atoms with Crippen molar-refractivity contribution in [2.24, 2.45) is 0 Å². The normalized spacial score (nSPS) is 15.1. The first-order chi connectivity index (χ1) is 16.0. The minimum absolute atomic E-state index is 0.00608. The largest absolute Gasteiger partial charge is 0.405 e. The van der Waals surface area contributed by atoms with Gasteiger partial charge in [-0.3, -0.25) is 9.59 Å². The van der Waals surface area contributed by atoms with Gasteiger partial charge in [-0.2, -0.15) is 17.5 Å². The molecule has 0 radical (unpaired) electrons. The van der Waals surface area contributed by atoms with Crippen LogP contribution in [-0.2, 0) is 21.2 Å². The number of aryl methyl sites for hydroxylation is 1. The number of morpholine rings is 1. The third-order valence-corrected chi connectivity index (χ3v) is 7.13. The molecule has 1 heterocycles. The Balaban J connectivity index is 1.75. The SMILES string of the molecule is CCc1ccc(C(=O)Nc2ccc(C(=O)NCC(F)(F)F)cc2)cc1S(=O)(=O)N1CCOCC1. The quantitative estimate of drug-likeness (QED) is 0.610. The van der Waals surface area contributed by atoms with Crippen molar-refractivity contribution in [1.82, 2.24) is 9.62 Å². The Bertz CT molecular complexity index is 1150. The second kappa shape index (κ2) is 10.5. The van der Waals surface area contributed by atoms with Crippen LogP contribution in [0.4, 0.5) is 18.9 Å². The van der Waals surface area contributed by atoms with E-state index in [9.17, 15) is 31.2 Å². The molecule has 12 heteroatoms. The number of hydrogen-bond donors (Lipinski definition) is 2. The predicted octanol–water partition coefficient (Wildman–Crippen LogP) is 2.81. The molecule has 2 N–H and O–H groups in total. The second-order valence-corrected chi connectivity index (χ2v) is 9.43. The first kappa shape index (κ1) is 25.7. The van der Waals surface area contributed by atoms with Crippen molar-refractivity contribution in [3.05, 3.63) is 59.2 Å². The first-order valence-electron chi connectivity index (χ1n) is 10.5. The number of halogens is 3. The summed E-state index contributed by atoms with van der Waals surface area (Å²) in [6.07, 6.45) is -4.07. The standard InChI is InChI=1S/C22H24F3N3O5S/c1-2-15-3-4-17(13-19(15)34(31,32)28-9-11-33-12-10-28)21(30)27-18-7-5-16(6-8-18)20(29)26-14-22(23,24)25/h3-8,13H,2,9-12,14H2,1H3,(H,26,29)(H,27,30). The Morgan fingerprint density at radius 3 is 2.21 bits per heavy atom. The maximum atomic E-state index is 13.1. The van der Waals surface area contributed by atoms with Crippen molar-refractivity contribution < 1.29 is 35.9 Å². The van der Waals surface area contributed by atoms with Crippen molar-refractivity contribution in [2.75, 3.05) is 38.2 Å². The first-order valence-corrected chi connectivity index (χ1v) is 11.9. The Morgan fingerprint density at radius 2 is 1.62 bits per heavy atom. The van der Waals surface area contributed by atoms with Gasteiger partial charge in [-0.15, -0.1) is 0 Å². The van der Waals surface area contributed by atoms with Crippen LogP contribution in [0, 0.1) is 0 Å². The fraction of sp³-hybridized carbons (Fsp3) is 0.364. The lowest BCUT2D eigenvalue weighted by atomic mass is 10.1. The molecule has 0 unspecified atom stereocenters. The van der Waals surface area contributed by atoms with Crippen LogP contribution in [0.5, 0.6) is 0 Å². The zero-order valence-corrected chi connectivity index (χ0v) is 19.1. The molecule has 0 atom stereocenters. The Hall–Kier alpha value is -2.96. The molecule has 184 valence electrons. The number of hydrogen-bond acceptors (Lipinski definition) is 5. The van der Waals surface area contributed by atoms with E-state index in [1.165, 1.54) is 40.7 Å². The molecule has 34 heavy (non-hydrogen) atoms. The van der Waals surface area contributed by atoms with Crippen LogP contribution in [0.3, 0.4) is 0 Å². The van der Waals surface area contributed by atoms with Crippen LogP contribution >= 0.6 is 0 Å². The molecule has 0 spiro atoms. The lowest BCUT2D eigenvalue weighted by Crippen LogP contribution is -2.41. The molecular formula is C22H24F3N3O5S. The van der Waals surface area contributed by atoms with Crippen molar-refractivity contribution in [3.8, 4) is 0 Å². The zero-order chi connectivity index (χ0) is 24.9. The Kier molecular flexibility index (Phi) is 7.95.